The van der Waals surface area contributed by atoms with E-state index in [-0.39, 0.29) is 29.9 Å². The Morgan fingerprint density at radius 2 is 1.66 bits per heavy atom. The zero-order valence-corrected chi connectivity index (χ0v) is 20.2. The largest absolute Gasteiger partial charge is 0.356 e. The van der Waals surface area contributed by atoms with Crippen LogP contribution in [0.25, 0.3) is 0 Å². The van der Waals surface area contributed by atoms with Crippen molar-refractivity contribution in [1.82, 2.24) is 16.0 Å². The van der Waals surface area contributed by atoms with Gasteiger partial charge in [-0.3, -0.25) is 9.79 Å². The molecule has 0 fully saturated rings. The van der Waals surface area contributed by atoms with Crippen LogP contribution >= 0.6 is 24.0 Å². The van der Waals surface area contributed by atoms with Crippen LogP contribution < -0.4 is 16.0 Å². The Balaban J connectivity index is 0.00000420. The maximum Gasteiger partial charge on any atom is 0.251 e. The van der Waals surface area contributed by atoms with Gasteiger partial charge in [-0.1, -0.05) is 48.4 Å². The van der Waals surface area contributed by atoms with Crippen LogP contribution in [-0.2, 0) is 13.0 Å². The van der Waals surface area contributed by atoms with Crippen molar-refractivity contribution < 1.29 is 4.79 Å². The summed E-state index contributed by atoms with van der Waals surface area (Å²) in [5, 5.41) is 9.57. The van der Waals surface area contributed by atoms with E-state index in [2.05, 4.69) is 53.0 Å². The first-order valence-electron chi connectivity index (χ1n) is 9.90. The second-order valence-electron chi connectivity index (χ2n) is 7.05. The van der Waals surface area contributed by atoms with E-state index in [0.29, 0.717) is 18.7 Å². The summed E-state index contributed by atoms with van der Waals surface area (Å²) < 4.78 is 0. The third-order valence-corrected chi connectivity index (χ3v) is 4.40. The number of hydrogen-bond acceptors (Lipinski definition) is 2. The van der Waals surface area contributed by atoms with Gasteiger partial charge in [0.2, 0.25) is 0 Å². The van der Waals surface area contributed by atoms with Crippen molar-refractivity contribution in [3.63, 3.8) is 0 Å². The summed E-state index contributed by atoms with van der Waals surface area (Å²) in [6.07, 6.45) is 1.87. The summed E-state index contributed by atoms with van der Waals surface area (Å²) in [5.74, 6) is 0.727. The number of aryl methyl sites for hydroxylation is 2. The molecule has 0 unspecified atom stereocenters. The van der Waals surface area contributed by atoms with Gasteiger partial charge in [-0.2, -0.15) is 0 Å². The number of halogens is 1. The summed E-state index contributed by atoms with van der Waals surface area (Å²) in [4.78, 5) is 16.4. The van der Waals surface area contributed by atoms with Crippen LogP contribution in [0.15, 0.2) is 47.5 Å². The number of nitrogens with one attached hydrogen (secondary N) is 3. The minimum absolute atomic E-state index is 0. The molecule has 0 spiro atoms. The van der Waals surface area contributed by atoms with Gasteiger partial charge in [0, 0.05) is 32.2 Å². The minimum Gasteiger partial charge on any atom is -0.356 e. The van der Waals surface area contributed by atoms with Crippen molar-refractivity contribution in [2.75, 3.05) is 20.1 Å². The lowest BCUT2D eigenvalue weighted by molar-refractivity contribution is 0.0953. The Hall–Kier alpha value is -2.09. The van der Waals surface area contributed by atoms with Gasteiger partial charge in [0.1, 0.15) is 0 Å². The second-order valence-corrected chi connectivity index (χ2v) is 7.05. The van der Waals surface area contributed by atoms with E-state index in [0.717, 1.165) is 30.9 Å². The van der Waals surface area contributed by atoms with Crippen LogP contribution in [0, 0.1) is 13.8 Å². The summed E-state index contributed by atoms with van der Waals surface area (Å²) in [7, 11) is 1.76. The number of nitrogens with zero attached hydrogens (tertiary/aromatic N) is 1. The van der Waals surface area contributed by atoms with Gasteiger partial charge in [-0.15, -0.1) is 24.0 Å². The minimum atomic E-state index is -0.0281. The maximum atomic E-state index is 12.1. The number of rotatable bonds is 8. The lowest BCUT2D eigenvalue weighted by Gasteiger charge is -2.13. The zero-order chi connectivity index (χ0) is 20.4. The molecule has 0 bridgehead atoms. The molecule has 0 aromatic heterocycles. The monoisotopic (exact) mass is 508 g/mol. The third kappa shape index (κ3) is 8.85. The average Bonchev–Trinajstić information content (AvgIpc) is 2.68. The van der Waals surface area contributed by atoms with Crippen LogP contribution in [0.1, 0.15) is 46.0 Å². The number of benzene rings is 2. The van der Waals surface area contributed by atoms with Crippen molar-refractivity contribution in [3.8, 4) is 0 Å². The lowest BCUT2D eigenvalue weighted by atomic mass is 10.1. The quantitative estimate of drug-likeness (QED) is 0.287. The van der Waals surface area contributed by atoms with Crippen LogP contribution in [-0.4, -0.2) is 32.0 Å². The molecule has 0 saturated carbocycles. The van der Waals surface area contributed by atoms with Gasteiger partial charge >= 0.3 is 0 Å². The summed E-state index contributed by atoms with van der Waals surface area (Å²) in [6, 6.07) is 14.3. The molecule has 3 N–H and O–H groups in total. The highest BCUT2D eigenvalue weighted by molar-refractivity contribution is 14.0. The first-order valence-corrected chi connectivity index (χ1v) is 9.90. The van der Waals surface area contributed by atoms with Gasteiger partial charge in [0.05, 0.1) is 0 Å². The van der Waals surface area contributed by atoms with E-state index in [1.165, 1.54) is 16.7 Å². The molecule has 0 radical (unpaired) electrons. The Kier molecular flexibility index (Phi) is 11.3. The van der Waals surface area contributed by atoms with Crippen molar-refractivity contribution in [1.29, 1.82) is 0 Å². The Morgan fingerprint density at radius 3 is 2.31 bits per heavy atom. The molecule has 6 heteroatoms. The molecule has 0 saturated heterocycles. The number of guanidine groups is 1. The predicted octanol–water partition coefficient (Wildman–Crippen LogP) is 3.97. The molecule has 0 aliphatic carbocycles. The smallest absolute Gasteiger partial charge is 0.251 e. The van der Waals surface area contributed by atoms with E-state index in [1.807, 2.05) is 31.2 Å². The standard InChI is InChI=1S/C23H32N4O.HI/c1-5-10-25-22(28)21-8-6-7-20(15-21)16-27-23(24-4)26-11-9-19-13-17(2)12-18(3)14-19;/h6-8,12-15H,5,9-11,16H2,1-4H3,(H,25,28)(H2,24,26,27);1H. The molecule has 2 aromatic carbocycles. The van der Waals surface area contributed by atoms with Gasteiger partial charge in [0.25, 0.3) is 5.91 Å². The van der Waals surface area contributed by atoms with Crippen LogP contribution in [0.4, 0.5) is 0 Å². The van der Waals surface area contributed by atoms with Crippen molar-refractivity contribution in [2.24, 2.45) is 4.99 Å². The molecule has 0 aliphatic rings. The molecule has 0 atom stereocenters. The van der Waals surface area contributed by atoms with Gasteiger partial charge in [-0.05, 0) is 49.9 Å². The van der Waals surface area contributed by atoms with Gasteiger partial charge in [0.15, 0.2) is 5.96 Å². The molecule has 1 amide bonds. The Labute approximate surface area is 191 Å². The molecule has 2 rings (SSSR count). The molecular formula is C23H33IN4O. The van der Waals surface area contributed by atoms with Gasteiger partial charge < -0.3 is 16.0 Å². The number of hydrogen-bond donors (Lipinski definition) is 3. The SMILES string of the molecule is CCCNC(=O)c1cccc(CNC(=NC)NCCc2cc(C)cc(C)c2)c1.I. The second kappa shape index (κ2) is 13.2. The van der Waals surface area contributed by atoms with E-state index in [1.54, 1.807) is 7.05 Å². The van der Waals surface area contributed by atoms with E-state index < -0.39 is 0 Å². The van der Waals surface area contributed by atoms with Crippen molar-refractivity contribution >= 4 is 35.8 Å². The lowest BCUT2D eigenvalue weighted by Crippen LogP contribution is -2.37. The summed E-state index contributed by atoms with van der Waals surface area (Å²) in [6.45, 7) is 8.40. The average molecular weight is 508 g/mol. The number of amides is 1. The first-order chi connectivity index (χ1) is 13.5. The summed E-state index contributed by atoms with van der Waals surface area (Å²) in [5.41, 5.74) is 5.64. The van der Waals surface area contributed by atoms with E-state index >= 15 is 0 Å². The topological polar surface area (TPSA) is 65.5 Å². The predicted molar refractivity (Wildman–Crippen MR) is 132 cm³/mol. The molecule has 29 heavy (non-hydrogen) atoms. The number of carbonyl (C=O) groups is 1. The third-order valence-electron chi connectivity index (χ3n) is 4.40. The molecular weight excluding hydrogens is 475 g/mol. The summed E-state index contributed by atoms with van der Waals surface area (Å²) >= 11 is 0. The van der Waals surface area contributed by atoms with Crippen molar-refractivity contribution in [3.05, 3.63) is 70.3 Å². The molecule has 0 heterocycles. The first kappa shape index (κ1) is 24.9. The number of carbonyl (C=O) groups excluding carboxylic acids is 1. The molecule has 5 nitrogen and oxygen atoms in total. The highest BCUT2D eigenvalue weighted by atomic mass is 127. The molecule has 0 aliphatic heterocycles. The Bertz CT molecular complexity index is 800. The van der Waals surface area contributed by atoms with Crippen molar-refractivity contribution in [2.45, 2.75) is 40.2 Å². The zero-order valence-electron chi connectivity index (χ0n) is 17.8. The fraction of sp³-hybridized carbons (Fsp3) is 0.391. The number of aliphatic imine (C=N–C) groups is 1. The highest BCUT2D eigenvalue weighted by Crippen LogP contribution is 2.09. The Morgan fingerprint density at radius 1 is 0.931 bits per heavy atom. The molecule has 158 valence electrons. The fourth-order valence-corrected chi connectivity index (χ4v) is 3.11. The maximum absolute atomic E-state index is 12.1. The van der Waals surface area contributed by atoms with E-state index in [9.17, 15) is 4.79 Å². The van der Waals surface area contributed by atoms with Crippen LogP contribution in [0.2, 0.25) is 0 Å². The van der Waals surface area contributed by atoms with Gasteiger partial charge in [-0.25, -0.2) is 0 Å². The fourth-order valence-electron chi connectivity index (χ4n) is 3.11. The van der Waals surface area contributed by atoms with Crippen LogP contribution in [0.3, 0.4) is 0 Å². The molecule has 2 aromatic rings. The highest BCUT2D eigenvalue weighted by Gasteiger charge is 2.06. The van der Waals surface area contributed by atoms with Crippen LogP contribution in [0.5, 0.6) is 0 Å². The normalized spacial score (nSPS) is 10.8. The van der Waals surface area contributed by atoms with E-state index in [4.69, 9.17) is 0 Å².